The van der Waals surface area contributed by atoms with Gasteiger partial charge in [-0.2, -0.15) is 0 Å². The Labute approximate surface area is 139 Å². The molecule has 122 valence electrons. The lowest BCUT2D eigenvalue weighted by molar-refractivity contribution is 0.238. The van der Waals surface area contributed by atoms with Gasteiger partial charge in [-0.15, -0.1) is 0 Å². The second kappa shape index (κ2) is 9.00. The van der Waals surface area contributed by atoms with Gasteiger partial charge in [0, 0.05) is 13.1 Å². The van der Waals surface area contributed by atoms with Crippen molar-refractivity contribution < 1.29 is 13.9 Å². The van der Waals surface area contributed by atoms with Crippen molar-refractivity contribution in [2.45, 2.75) is 13.0 Å². The Morgan fingerprint density at radius 1 is 1.09 bits per heavy atom. The maximum Gasteiger partial charge on any atom is 0.315 e. The van der Waals surface area contributed by atoms with E-state index in [1.54, 1.807) is 24.3 Å². The molecular weight excluding hydrogens is 319 g/mol. The van der Waals surface area contributed by atoms with Crippen molar-refractivity contribution in [3.63, 3.8) is 0 Å². The molecule has 0 atom stereocenters. The van der Waals surface area contributed by atoms with Gasteiger partial charge in [-0.1, -0.05) is 35.9 Å². The molecule has 2 N–H and O–H groups in total. The molecule has 0 aliphatic carbocycles. The molecule has 0 unspecified atom stereocenters. The molecule has 2 amide bonds. The van der Waals surface area contributed by atoms with Crippen LogP contribution < -0.4 is 15.4 Å². The fourth-order valence-electron chi connectivity index (χ4n) is 1.87. The topological polar surface area (TPSA) is 50.4 Å². The number of rotatable bonds is 7. The average molecular weight is 337 g/mol. The lowest BCUT2D eigenvalue weighted by Crippen LogP contribution is -2.36. The van der Waals surface area contributed by atoms with Crippen LogP contribution in [-0.2, 0) is 6.54 Å². The minimum absolute atomic E-state index is 0.271. The molecule has 0 saturated carbocycles. The first-order valence-corrected chi connectivity index (χ1v) is 7.66. The highest BCUT2D eigenvalue weighted by Crippen LogP contribution is 2.22. The van der Waals surface area contributed by atoms with Gasteiger partial charge in [0.2, 0.25) is 0 Å². The summed E-state index contributed by atoms with van der Waals surface area (Å²) in [6.45, 7) is 1.30. The molecule has 2 aromatic rings. The minimum Gasteiger partial charge on any atom is -0.492 e. The van der Waals surface area contributed by atoms with Crippen LogP contribution in [0.15, 0.2) is 48.5 Å². The van der Waals surface area contributed by atoms with Crippen molar-refractivity contribution in [3.8, 4) is 5.75 Å². The number of urea groups is 1. The van der Waals surface area contributed by atoms with Crippen molar-refractivity contribution in [1.82, 2.24) is 10.6 Å². The second-order valence-electron chi connectivity index (χ2n) is 4.87. The third-order valence-electron chi connectivity index (χ3n) is 3.07. The molecule has 23 heavy (non-hydrogen) atoms. The molecule has 6 heteroatoms. The summed E-state index contributed by atoms with van der Waals surface area (Å²) in [5.74, 6) is 0.339. The molecule has 0 fully saturated rings. The predicted octanol–water partition coefficient (Wildman–Crippen LogP) is 3.75. The lowest BCUT2D eigenvalue weighted by atomic mass is 10.2. The Hall–Kier alpha value is -2.27. The molecule has 4 nitrogen and oxygen atoms in total. The van der Waals surface area contributed by atoms with Crippen LogP contribution in [0.2, 0.25) is 5.02 Å². The van der Waals surface area contributed by atoms with E-state index in [0.717, 1.165) is 5.56 Å². The van der Waals surface area contributed by atoms with Crippen molar-refractivity contribution >= 4 is 17.6 Å². The van der Waals surface area contributed by atoms with E-state index in [4.69, 9.17) is 16.3 Å². The molecular formula is C17H18ClFN2O2. The molecule has 0 saturated heterocycles. The molecule has 2 rings (SSSR count). The van der Waals surface area contributed by atoms with E-state index < -0.39 is 0 Å². The van der Waals surface area contributed by atoms with Gasteiger partial charge >= 0.3 is 6.03 Å². The standard InChI is InChI=1S/C17H18ClFN2O2/c18-15-4-1-2-5-16(15)23-11-3-10-20-17(22)21-12-13-6-8-14(19)9-7-13/h1-2,4-9H,3,10-12H2,(H2,20,21,22). The Morgan fingerprint density at radius 2 is 1.83 bits per heavy atom. The van der Waals surface area contributed by atoms with Crippen molar-refractivity contribution in [2.75, 3.05) is 13.2 Å². The van der Waals surface area contributed by atoms with E-state index in [2.05, 4.69) is 10.6 Å². The molecule has 2 aromatic carbocycles. The van der Waals surface area contributed by atoms with E-state index in [1.807, 2.05) is 12.1 Å². The molecule has 0 spiro atoms. The third-order valence-corrected chi connectivity index (χ3v) is 3.38. The first-order valence-electron chi connectivity index (χ1n) is 7.28. The number of carbonyl (C=O) groups is 1. The minimum atomic E-state index is -0.295. The first kappa shape index (κ1) is 17.1. The van der Waals surface area contributed by atoms with Gasteiger partial charge in [0.25, 0.3) is 0 Å². The second-order valence-corrected chi connectivity index (χ2v) is 5.28. The third kappa shape index (κ3) is 6.16. The summed E-state index contributed by atoms with van der Waals surface area (Å²) >= 11 is 5.97. The number of hydrogen-bond acceptors (Lipinski definition) is 2. The van der Waals surface area contributed by atoms with Crippen molar-refractivity contribution in [2.24, 2.45) is 0 Å². The zero-order valence-corrected chi connectivity index (χ0v) is 13.3. The monoisotopic (exact) mass is 336 g/mol. The van der Waals surface area contributed by atoms with E-state index >= 15 is 0 Å². The lowest BCUT2D eigenvalue weighted by Gasteiger charge is -2.09. The summed E-state index contributed by atoms with van der Waals surface area (Å²) in [7, 11) is 0. The predicted molar refractivity (Wildman–Crippen MR) is 88.2 cm³/mol. The highest BCUT2D eigenvalue weighted by Gasteiger charge is 2.02. The number of halogens is 2. The fraction of sp³-hybridized carbons (Fsp3) is 0.235. The van der Waals surface area contributed by atoms with E-state index in [-0.39, 0.29) is 11.8 Å². The highest BCUT2D eigenvalue weighted by molar-refractivity contribution is 6.32. The van der Waals surface area contributed by atoms with E-state index in [9.17, 15) is 9.18 Å². The van der Waals surface area contributed by atoms with Crippen LogP contribution in [0.1, 0.15) is 12.0 Å². The van der Waals surface area contributed by atoms with Crippen LogP contribution in [0.3, 0.4) is 0 Å². The van der Waals surface area contributed by atoms with Gasteiger partial charge in [0.05, 0.1) is 11.6 Å². The summed E-state index contributed by atoms with van der Waals surface area (Å²) < 4.78 is 18.3. The average Bonchev–Trinajstić information content (AvgIpc) is 2.55. The Morgan fingerprint density at radius 3 is 2.57 bits per heavy atom. The number of ether oxygens (including phenoxy) is 1. The van der Waals surface area contributed by atoms with E-state index in [1.165, 1.54) is 12.1 Å². The number of benzene rings is 2. The summed E-state index contributed by atoms with van der Waals surface area (Å²) in [6, 6.07) is 13.0. The Kier molecular flexibility index (Phi) is 6.69. The number of amides is 2. The number of hydrogen-bond donors (Lipinski definition) is 2. The molecule has 0 bridgehead atoms. The van der Waals surface area contributed by atoms with Gasteiger partial charge in [0.1, 0.15) is 11.6 Å². The van der Waals surface area contributed by atoms with Gasteiger partial charge in [-0.3, -0.25) is 0 Å². The van der Waals surface area contributed by atoms with Crippen molar-refractivity contribution in [3.05, 3.63) is 64.9 Å². The maximum absolute atomic E-state index is 12.8. The first-order chi connectivity index (χ1) is 11.1. The van der Waals surface area contributed by atoms with Crippen LogP contribution in [-0.4, -0.2) is 19.2 Å². The number of nitrogens with one attached hydrogen (secondary N) is 2. The fourth-order valence-corrected chi connectivity index (χ4v) is 2.06. The Balaban J connectivity index is 1.58. The summed E-state index contributed by atoms with van der Waals surface area (Å²) in [5.41, 5.74) is 0.837. The van der Waals surface area contributed by atoms with Crippen LogP contribution in [0.25, 0.3) is 0 Å². The molecule has 0 aliphatic rings. The van der Waals surface area contributed by atoms with Crippen LogP contribution in [0, 0.1) is 5.82 Å². The smallest absolute Gasteiger partial charge is 0.315 e. The van der Waals surface area contributed by atoms with E-state index in [0.29, 0.717) is 36.9 Å². The van der Waals surface area contributed by atoms with Gasteiger partial charge in [0.15, 0.2) is 0 Å². The van der Waals surface area contributed by atoms with Crippen LogP contribution >= 0.6 is 11.6 Å². The summed E-state index contributed by atoms with van der Waals surface area (Å²) in [5, 5.41) is 6.00. The zero-order chi connectivity index (χ0) is 16.5. The molecule has 0 heterocycles. The van der Waals surface area contributed by atoms with Gasteiger partial charge < -0.3 is 15.4 Å². The normalized spacial score (nSPS) is 10.2. The maximum atomic E-state index is 12.8. The molecule has 0 radical (unpaired) electrons. The zero-order valence-electron chi connectivity index (χ0n) is 12.5. The molecule has 0 aromatic heterocycles. The SMILES string of the molecule is O=C(NCCCOc1ccccc1Cl)NCc1ccc(F)cc1. The number of carbonyl (C=O) groups excluding carboxylic acids is 1. The Bertz CT molecular complexity index is 635. The summed E-state index contributed by atoms with van der Waals surface area (Å²) in [6.07, 6.45) is 0.662. The number of para-hydroxylation sites is 1. The van der Waals surface area contributed by atoms with Crippen LogP contribution in [0.5, 0.6) is 5.75 Å². The van der Waals surface area contributed by atoms with Crippen LogP contribution in [0.4, 0.5) is 9.18 Å². The van der Waals surface area contributed by atoms with Gasteiger partial charge in [-0.05, 0) is 36.2 Å². The quantitative estimate of drug-likeness (QED) is 0.757. The molecule has 0 aliphatic heterocycles. The largest absolute Gasteiger partial charge is 0.492 e. The van der Waals surface area contributed by atoms with Crippen molar-refractivity contribution in [1.29, 1.82) is 0 Å². The highest BCUT2D eigenvalue weighted by atomic mass is 35.5. The summed E-state index contributed by atoms with van der Waals surface area (Å²) in [4.78, 5) is 11.6. The van der Waals surface area contributed by atoms with Gasteiger partial charge in [-0.25, -0.2) is 9.18 Å².